The number of aromatic nitrogens is 2. The quantitative estimate of drug-likeness (QED) is 0.947. The molecule has 0 saturated carbocycles. The first-order chi connectivity index (χ1) is 10.2. The fraction of sp³-hybridized carbons (Fsp3) is 0.400. The minimum atomic E-state index is -0.123. The van der Waals surface area contributed by atoms with Crippen molar-refractivity contribution >= 4 is 28.9 Å². The molecule has 6 heteroatoms. The van der Waals surface area contributed by atoms with Crippen LogP contribution in [0.25, 0.3) is 0 Å². The van der Waals surface area contributed by atoms with E-state index in [0.717, 1.165) is 24.8 Å². The van der Waals surface area contributed by atoms with Crippen molar-refractivity contribution in [3.63, 3.8) is 0 Å². The molecule has 1 aliphatic heterocycles. The zero-order chi connectivity index (χ0) is 14.7. The molecule has 1 fully saturated rings. The molecule has 0 radical (unpaired) electrons. The molecule has 3 heterocycles. The van der Waals surface area contributed by atoms with Gasteiger partial charge in [-0.25, -0.2) is 9.97 Å². The molecule has 0 unspecified atom stereocenters. The van der Waals surface area contributed by atoms with Crippen LogP contribution in [0.5, 0.6) is 0 Å². The lowest BCUT2D eigenvalue weighted by molar-refractivity contribution is 0.103. The van der Waals surface area contributed by atoms with Crippen LogP contribution in [0.1, 0.15) is 29.4 Å². The summed E-state index contributed by atoms with van der Waals surface area (Å²) in [7, 11) is 0. The Morgan fingerprint density at radius 2 is 2.19 bits per heavy atom. The first-order valence-electron chi connectivity index (χ1n) is 7.14. The third-order valence-electron chi connectivity index (χ3n) is 3.75. The summed E-state index contributed by atoms with van der Waals surface area (Å²) in [5.74, 6) is 2.10. The van der Waals surface area contributed by atoms with Gasteiger partial charge in [0, 0.05) is 19.2 Å². The largest absolute Gasteiger partial charge is 0.356 e. The summed E-state index contributed by atoms with van der Waals surface area (Å²) in [4.78, 5) is 23.4. The number of carbonyl (C=O) groups is 1. The Morgan fingerprint density at radius 3 is 2.90 bits per heavy atom. The normalized spacial score (nSPS) is 16.0. The number of piperidine rings is 1. The zero-order valence-corrected chi connectivity index (χ0v) is 12.8. The van der Waals surface area contributed by atoms with Crippen molar-refractivity contribution in [1.29, 1.82) is 0 Å². The van der Waals surface area contributed by atoms with E-state index < -0.39 is 0 Å². The van der Waals surface area contributed by atoms with E-state index in [1.807, 2.05) is 17.5 Å². The number of rotatable bonds is 3. The minimum Gasteiger partial charge on any atom is -0.356 e. The van der Waals surface area contributed by atoms with Crippen molar-refractivity contribution in [3.05, 3.63) is 34.8 Å². The number of nitrogens with zero attached hydrogens (tertiary/aromatic N) is 3. The van der Waals surface area contributed by atoms with Crippen LogP contribution < -0.4 is 10.2 Å². The van der Waals surface area contributed by atoms with E-state index in [1.165, 1.54) is 30.5 Å². The van der Waals surface area contributed by atoms with Gasteiger partial charge in [-0.1, -0.05) is 13.0 Å². The number of hydrogen-bond donors (Lipinski definition) is 1. The summed E-state index contributed by atoms with van der Waals surface area (Å²) in [6.07, 6.45) is 3.87. The summed E-state index contributed by atoms with van der Waals surface area (Å²) < 4.78 is 0. The van der Waals surface area contributed by atoms with Gasteiger partial charge >= 0.3 is 0 Å². The highest BCUT2D eigenvalue weighted by Crippen LogP contribution is 2.22. The number of thiophene rings is 1. The van der Waals surface area contributed by atoms with Crippen molar-refractivity contribution in [3.8, 4) is 0 Å². The summed E-state index contributed by atoms with van der Waals surface area (Å²) in [5.41, 5.74) is 0. The van der Waals surface area contributed by atoms with Crippen LogP contribution in [-0.2, 0) is 0 Å². The first-order valence-corrected chi connectivity index (χ1v) is 8.02. The maximum Gasteiger partial charge on any atom is 0.266 e. The van der Waals surface area contributed by atoms with Gasteiger partial charge in [-0.15, -0.1) is 11.3 Å². The highest BCUT2D eigenvalue weighted by Gasteiger charge is 2.17. The Bertz CT molecular complexity index is 606. The molecular weight excluding hydrogens is 284 g/mol. The summed E-state index contributed by atoms with van der Waals surface area (Å²) in [6.45, 7) is 4.30. The van der Waals surface area contributed by atoms with E-state index in [2.05, 4.69) is 27.1 Å². The molecular formula is C15H18N4OS. The van der Waals surface area contributed by atoms with Gasteiger partial charge in [0.2, 0.25) is 0 Å². The van der Waals surface area contributed by atoms with Crippen molar-refractivity contribution in [1.82, 2.24) is 9.97 Å². The lowest BCUT2D eigenvalue weighted by Gasteiger charge is -2.31. The van der Waals surface area contributed by atoms with Gasteiger partial charge in [0.15, 0.2) is 0 Å². The lowest BCUT2D eigenvalue weighted by Crippen LogP contribution is -2.33. The Kier molecular flexibility index (Phi) is 4.15. The molecule has 21 heavy (non-hydrogen) atoms. The fourth-order valence-corrected chi connectivity index (χ4v) is 3.03. The van der Waals surface area contributed by atoms with Crippen molar-refractivity contribution in [2.45, 2.75) is 19.8 Å². The third kappa shape index (κ3) is 3.39. The second-order valence-corrected chi connectivity index (χ2v) is 6.31. The second-order valence-electron chi connectivity index (χ2n) is 5.36. The summed E-state index contributed by atoms with van der Waals surface area (Å²) in [6, 6.07) is 5.51. The van der Waals surface area contributed by atoms with E-state index in [4.69, 9.17) is 0 Å². The van der Waals surface area contributed by atoms with Gasteiger partial charge in [-0.05, 0) is 30.2 Å². The predicted octanol–water partition coefficient (Wildman–Crippen LogP) is 3.03. The van der Waals surface area contributed by atoms with E-state index in [-0.39, 0.29) is 5.91 Å². The van der Waals surface area contributed by atoms with Crippen LogP contribution >= 0.6 is 11.3 Å². The van der Waals surface area contributed by atoms with E-state index in [1.54, 1.807) is 6.07 Å². The van der Waals surface area contributed by atoms with Crippen molar-refractivity contribution in [2.75, 3.05) is 23.3 Å². The fourth-order valence-electron chi connectivity index (χ4n) is 2.41. The topological polar surface area (TPSA) is 58.1 Å². The molecule has 3 rings (SSSR count). The van der Waals surface area contributed by atoms with Crippen LogP contribution in [0.3, 0.4) is 0 Å². The van der Waals surface area contributed by atoms with Crippen molar-refractivity contribution < 1.29 is 4.79 Å². The Morgan fingerprint density at radius 1 is 1.38 bits per heavy atom. The molecule has 1 N–H and O–H groups in total. The standard InChI is InChI=1S/C15H18N4OS/c1-11-4-6-19(7-5-11)14-9-13(16-10-17-14)18-15(20)12-3-2-8-21-12/h2-3,8-11H,4-7H2,1H3,(H,16,17,18,20). The first kappa shape index (κ1) is 14.0. The number of hydrogen-bond acceptors (Lipinski definition) is 5. The van der Waals surface area contributed by atoms with Gasteiger partial charge < -0.3 is 10.2 Å². The lowest BCUT2D eigenvalue weighted by atomic mass is 9.99. The number of nitrogens with one attached hydrogen (secondary N) is 1. The SMILES string of the molecule is CC1CCN(c2cc(NC(=O)c3cccs3)ncn2)CC1. The predicted molar refractivity (Wildman–Crippen MR) is 84.9 cm³/mol. The van der Waals surface area contributed by atoms with E-state index in [9.17, 15) is 4.79 Å². The Balaban J connectivity index is 1.70. The Labute approximate surface area is 128 Å². The molecule has 1 aliphatic rings. The smallest absolute Gasteiger partial charge is 0.266 e. The summed E-state index contributed by atoms with van der Waals surface area (Å²) in [5, 5.41) is 4.71. The maximum absolute atomic E-state index is 12.0. The van der Waals surface area contributed by atoms with Gasteiger partial charge in [0.25, 0.3) is 5.91 Å². The van der Waals surface area contributed by atoms with Gasteiger partial charge in [-0.3, -0.25) is 4.79 Å². The molecule has 0 aliphatic carbocycles. The summed E-state index contributed by atoms with van der Waals surface area (Å²) >= 11 is 1.42. The van der Waals surface area contributed by atoms with Crippen LogP contribution in [0.15, 0.2) is 29.9 Å². The average molecular weight is 302 g/mol. The molecule has 5 nitrogen and oxygen atoms in total. The van der Waals surface area contributed by atoms with Gasteiger partial charge in [0.1, 0.15) is 18.0 Å². The zero-order valence-electron chi connectivity index (χ0n) is 12.0. The molecule has 0 atom stereocenters. The molecule has 1 saturated heterocycles. The average Bonchev–Trinajstić information content (AvgIpc) is 3.02. The van der Waals surface area contributed by atoms with E-state index in [0.29, 0.717) is 10.7 Å². The maximum atomic E-state index is 12.0. The van der Waals surface area contributed by atoms with Crippen LogP contribution in [0.4, 0.5) is 11.6 Å². The van der Waals surface area contributed by atoms with Crippen LogP contribution in [0.2, 0.25) is 0 Å². The molecule has 0 spiro atoms. The highest BCUT2D eigenvalue weighted by molar-refractivity contribution is 7.12. The highest BCUT2D eigenvalue weighted by atomic mass is 32.1. The van der Waals surface area contributed by atoms with Gasteiger partial charge in [-0.2, -0.15) is 0 Å². The molecule has 110 valence electrons. The van der Waals surface area contributed by atoms with Gasteiger partial charge in [0.05, 0.1) is 4.88 Å². The van der Waals surface area contributed by atoms with E-state index >= 15 is 0 Å². The van der Waals surface area contributed by atoms with Crippen molar-refractivity contribution in [2.24, 2.45) is 5.92 Å². The molecule has 0 bridgehead atoms. The van der Waals surface area contributed by atoms with Crippen LogP contribution in [0, 0.1) is 5.92 Å². The van der Waals surface area contributed by atoms with Crippen LogP contribution in [-0.4, -0.2) is 29.0 Å². The molecule has 1 amide bonds. The number of anilines is 2. The molecule has 2 aromatic heterocycles. The third-order valence-corrected chi connectivity index (χ3v) is 4.62. The number of amides is 1. The minimum absolute atomic E-state index is 0.123. The number of carbonyl (C=O) groups excluding carboxylic acids is 1. The molecule has 2 aromatic rings. The second kappa shape index (κ2) is 6.22. The monoisotopic (exact) mass is 302 g/mol. The Hall–Kier alpha value is -1.95. The molecule has 0 aromatic carbocycles.